The zero-order chi connectivity index (χ0) is 17.9. The van der Waals surface area contributed by atoms with Crippen LogP contribution in [-0.2, 0) is 14.7 Å². The normalized spacial score (nSPS) is 11.4. The third kappa shape index (κ3) is 27.8. The smallest absolute Gasteiger partial charge is 1.00 e. The first-order chi connectivity index (χ1) is 11.6. The maximum Gasteiger partial charge on any atom is 1.00 e. The Hall–Kier alpha value is 1.48. The summed E-state index contributed by atoms with van der Waals surface area (Å²) in [4.78, 5) is 0. The molecule has 0 saturated carbocycles. The molecular weight excluding hydrogens is 366 g/mol. The number of unbranched alkanes of at least 4 members (excludes halogenated alkanes) is 16. The Morgan fingerprint density at radius 3 is 1.20 bits per heavy atom. The third-order valence-electron chi connectivity index (χ3n) is 4.47. The maximum atomic E-state index is 12.0. The second-order valence-corrected chi connectivity index (χ2v) is 7.89. The van der Waals surface area contributed by atoms with Crippen LogP contribution in [0.5, 0.6) is 0 Å². The molecule has 0 bridgehead atoms. The van der Waals surface area contributed by atoms with Crippen LogP contribution < -0.4 is 51.4 Å². The second kappa shape index (κ2) is 21.8. The maximum absolute atomic E-state index is 12.0. The molecule has 0 N–H and O–H groups in total. The summed E-state index contributed by atoms with van der Waals surface area (Å²) >= 11 is 0. The summed E-state index contributed by atoms with van der Waals surface area (Å²) in [5.74, 6) is 0. The molecule has 0 aliphatic heterocycles. The molecular formula is C19H40FKO3S. The van der Waals surface area contributed by atoms with E-state index >= 15 is 0 Å². The van der Waals surface area contributed by atoms with Gasteiger partial charge in [-0.05, 0) is 6.42 Å². The van der Waals surface area contributed by atoms with E-state index in [1.165, 1.54) is 89.9 Å². The van der Waals surface area contributed by atoms with Gasteiger partial charge in [-0.2, -0.15) is 8.42 Å². The average Bonchev–Trinajstić information content (AvgIpc) is 2.52. The fourth-order valence-electron chi connectivity index (χ4n) is 2.99. The number of hydrogen-bond donors (Lipinski definition) is 0. The molecule has 0 unspecified atom stereocenters. The molecule has 0 radical (unpaired) electrons. The Bertz CT molecular complexity index is 357. The topological polar surface area (TPSA) is 43.4 Å². The van der Waals surface area contributed by atoms with E-state index in [9.17, 15) is 12.3 Å². The van der Waals surface area contributed by atoms with E-state index in [0.29, 0.717) is 6.42 Å². The Kier molecular flexibility index (Phi) is 25.0. The average molecular weight is 407 g/mol. The summed E-state index contributed by atoms with van der Waals surface area (Å²) in [6, 6.07) is 0. The Balaban J connectivity index is -0.00000264. The largest absolute Gasteiger partial charge is 1.00 e. The van der Waals surface area contributed by atoms with E-state index < -0.39 is 10.5 Å². The zero-order valence-corrected chi connectivity index (χ0v) is 20.7. The molecule has 0 fully saturated rings. The molecule has 0 rings (SSSR count). The van der Waals surface area contributed by atoms with Gasteiger partial charge in [0, 0.05) is 0 Å². The molecule has 0 saturated heterocycles. The van der Waals surface area contributed by atoms with Gasteiger partial charge in [-0.3, -0.25) is 0 Å². The van der Waals surface area contributed by atoms with E-state index in [2.05, 4.69) is 11.1 Å². The van der Waals surface area contributed by atoms with Crippen molar-refractivity contribution in [2.24, 2.45) is 0 Å². The molecule has 0 aromatic carbocycles. The summed E-state index contributed by atoms with van der Waals surface area (Å²) in [7, 11) is -4.75. The summed E-state index contributed by atoms with van der Waals surface area (Å²) in [5, 5.41) is 0. The van der Waals surface area contributed by atoms with Crippen LogP contribution in [-0.4, -0.2) is 15.0 Å². The van der Waals surface area contributed by atoms with Crippen LogP contribution in [0.25, 0.3) is 0 Å². The van der Waals surface area contributed by atoms with Crippen LogP contribution in [0.3, 0.4) is 0 Å². The van der Waals surface area contributed by atoms with Crippen LogP contribution in [0.15, 0.2) is 0 Å². The summed E-state index contributed by atoms with van der Waals surface area (Å²) in [5.41, 5.74) is 0. The van der Waals surface area contributed by atoms with Crippen molar-refractivity contribution in [1.82, 2.24) is 0 Å². The predicted octanol–water partition coefficient (Wildman–Crippen LogP) is 3.99. The van der Waals surface area contributed by atoms with Crippen LogP contribution in [0.2, 0.25) is 0 Å². The number of halogens is 1. The van der Waals surface area contributed by atoms with Gasteiger partial charge < -0.3 is 1.43 Å². The van der Waals surface area contributed by atoms with Crippen molar-refractivity contribution < 1.29 is 69.3 Å². The van der Waals surface area contributed by atoms with Crippen LogP contribution in [0, 0.1) is 0 Å². The van der Waals surface area contributed by atoms with Gasteiger partial charge in [0.15, 0.2) is 0 Å². The molecule has 0 atom stereocenters. The Labute approximate surface area is 200 Å². The quantitative estimate of drug-likeness (QED) is 0.185. The summed E-state index contributed by atoms with van der Waals surface area (Å²) in [6.07, 6.45) is 21.6. The van der Waals surface area contributed by atoms with E-state index in [1.807, 2.05) is 0 Å². The third-order valence-corrected chi connectivity index (χ3v) is 4.92. The van der Waals surface area contributed by atoms with Crippen molar-refractivity contribution in [3.63, 3.8) is 0 Å². The predicted molar refractivity (Wildman–Crippen MR) is 101 cm³/mol. The van der Waals surface area contributed by atoms with Gasteiger partial charge in [-0.15, -0.1) is 0 Å². The molecule has 148 valence electrons. The molecule has 0 aliphatic rings. The Morgan fingerprint density at radius 2 is 0.920 bits per heavy atom. The SMILES string of the molecule is CCCCCCCCCCCCCCCCCCCOS(=O)(=O)F.[H-].[K+]. The van der Waals surface area contributed by atoms with Crippen molar-refractivity contribution in [3.8, 4) is 0 Å². The van der Waals surface area contributed by atoms with Gasteiger partial charge in [0.25, 0.3) is 0 Å². The van der Waals surface area contributed by atoms with Crippen molar-refractivity contribution >= 4 is 10.5 Å². The molecule has 3 nitrogen and oxygen atoms in total. The molecule has 0 amide bonds. The summed E-state index contributed by atoms with van der Waals surface area (Å²) in [6.45, 7) is 2.23. The van der Waals surface area contributed by atoms with Crippen molar-refractivity contribution in [2.75, 3.05) is 6.61 Å². The van der Waals surface area contributed by atoms with Crippen molar-refractivity contribution in [2.45, 2.75) is 116 Å². The summed E-state index contributed by atoms with van der Waals surface area (Å²) < 4.78 is 36.3. The molecule has 0 aliphatic carbocycles. The fraction of sp³-hybridized carbons (Fsp3) is 1.00. The van der Waals surface area contributed by atoms with Gasteiger partial charge in [-0.25, -0.2) is 4.18 Å². The van der Waals surface area contributed by atoms with Gasteiger partial charge in [0.1, 0.15) is 0 Å². The first-order valence-electron chi connectivity index (χ1n) is 10.2. The van der Waals surface area contributed by atoms with Crippen molar-refractivity contribution in [3.05, 3.63) is 0 Å². The Morgan fingerprint density at radius 1 is 0.640 bits per heavy atom. The molecule has 0 spiro atoms. The minimum atomic E-state index is -4.75. The van der Waals surface area contributed by atoms with Crippen LogP contribution in [0.4, 0.5) is 3.89 Å². The fourth-order valence-corrected chi connectivity index (χ4v) is 3.30. The van der Waals surface area contributed by atoms with Gasteiger partial charge >= 0.3 is 61.9 Å². The monoisotopic (exact) mass is 406 g/mol. The molecule has 0 heterocycles. The minimum Gasteiger partial charge on any atom is -1.00 e. The van der Waals surface area contributed by atoms with Gasteiger partial charge in [0.2, 0.25) is 0 Å². The van der Waals surface area contributed by atoms with Crippen LogP contribution >= 0.6 is 0 Å². The number of hydrogen-bond acceptors (Lipinski definition) is 3. The van der Waals surface area contributed by atoms with Gasteiger partial charge in [-0.1, -0.05) is 114 Å². The molecule has 0 aromatic rings. The van der Waals surface area contributed by atoms with E-state index in [0.717, 1.165) is 12.8 Å². The van der Waals surface area contributed by atoms with E-state index in [1.54, 1.807) is 0 Å². The molecule has 6 heteroatoms. The van der Waals surface area contributed by atoms with Gasteiger partial charge in [0.05, 0.1) is 6.61 Å². The molecule has 25 heavy (non-hydrogen) atoms. The molecule has 0 aromatic heterocycles. The first-order valence-corrected chi connectivity index (χ1v) is 11.5. The zero-order valence-electron chi connectivity index (χ0n) is 17.7. The van der Waals surface area contributed by atoms with Crippen molar-refractivity contribution in [1.29, 1.82) is 0 Å². The van der Waals surface area contributed by atoms with E-state index in [4.69, 9.17) is 0 Å². The van der Waals surface area contributed by atoms with E-state index in [-0.39, 0.29) is 59.4 Å². The first kappa shape index (κ1) is 28.7. The minimum absolute atomic E-state index is 0. The standard InChI is InChI=1S/C19H39FO3S.K.H/c1-2-3-4-5-6-7-8-9-10-11-12-13-14-15-16-17-18-19-23-24(20,21)22;;/h2-19H2,1H3;;/q;+1;-1. The van der Waals surface area contributed by atoms with Crippen LogP contribution in [0.1, 0.15) is 118 Å². The second-order valence-electron chi connectivity index (χ2n) is 6.87. The number of rotatable bonds is 19.